The lowest BCUT2D eigenvalue weighted by molar-refractivity contribution is -0.116. The number of hydrogen-bond donors (Lipinski definition) is 1. The maximum absolute atomic E-state index is 12.8. The summed E-state index contributed by atoms with van der Waals surface area (Å²) in [7, 11) is 0. The van der Waals surface area contributed by atoms with Gasteiger partial charge >= 0.3 is 0 Å². The van der Waals surface area contributed by atoms with Crippen molar-refractivity contribution in [1.29, 1.82) is 0 Å². The third kappa shape index (κ3) is 4.48. The summed E-state index contributed by atoms with van der Waals surface area (Å²) in [6.45, 7) is 3.54. The van der Waals surface area contributed by atoms with E-state index in [9.17, 15) is 9.59 Å². The second kappa shape index (κ2) is 8.30. The molecule has 2 heterocycles. The Labute approximate surface area is 152 Å². The first-order valence-electron chi connectivity index (χ1n) is 8.86. The van der Waals surface area contributed by atoms with Gasteiger partial charge in [0, 0.05) is 24.4 Å². The maximum atomic E-state index is 12.8. The van der Waals surface area contributed by atoms with Gasteiger partial charge < -0.3 is 10.2 Å². The van der Waals surface area contributed by atoms with E-state index in [-0.39, 0.29) is 11.8 Å². The molecule has 3 rings (SSSR count). The molecule has 1 aliphatic rings. The summed E-state index contributed by atoms with van der Waals surface area (Å²) in [5, 5.41) is 5.01. The zero-order chi connectivity index (χ0) is 17.6. The second-order valence-electron chi connectivity index (χ2n) is 6.48. The SMILES string of the molecule is Cc1cccc(NC(=O)CCCc2cccs2)c1C(=O)N1CCCC1. The highest BCUT2D eigenvalue weighted by Crippen LogP contribution is 2.24. The molecule has 1 aliphatic heterocycles. The minimum absolute atomic E-state index is 0.0300. The molecule has 2 amide bonds. The van der Waals surface area contributed by atoms with E-state index >= 15 is 0 Å². The number of nitrogens with zero attached hydrogens (tertiary/aromatic N) is 1. The molecule has 1 saturated heterocycles. The average molecular weight is 356 g/mol. The van der Waals surface area contributed by atoms with Crippen molar-refractivity contribution in [3.05, 3.63) is 51.7 Å². The zero-order valence-corrected chi connectivity index (χ0v) is 15.4. The monoisotopic (exact) mass is 356 g/mol. The highest BCUT2D eigenvalue weighted by molar-refractivity contribution is 7.09. The zero-order valence-electron chi connectivity index (χ0n) is 14.6. The first-order valence-corrected chi connectivity index (χ1v) is 9.74. The van der Waals surface area contributed by atoms with Gasteiger partial charge in [-0.05, 0) is 55.7 Å². The number of benzene rings is 1. The molecule has 0 radical (unpaired) electrons. The topological polar surface area (TPSA) is 49.4 Å². The highest BCUT2D eigenvalue weighted by Gasteiger charge is 2.23. The minimum atomic E-state index is -0.0300. The number of nitrogens with one attached hydrogen (secondary N) is 1. The lowest BCUT2D eigenvalue weighted by atomic mass is 10.0. The second-order valence-corrected chi connectivity index (χ2v) is 7.51. The Morgan fingerprint density at radius 3 is 2.68 bits per heavy atom. The number of likely N-dealkylation sites (tertiary alicyclic amines) is 1. The molecule has 2 aromatic rings. The van der Waals surface area contributed by atoms with Crippen LogP contribution < -0.4 is 5.32 Å². The molecule has 25 heavy (non-hydrogen) atoms. The van der Waals surface area contributed by atoms with Gasteiger partial charge in [-0.15, -0.1) is 11.3 Å². The first kappa shape index (κ1) is 17.7. The van der Waals surface area contributed by atoms with Gasteiger partial charge in [0.25, 0.3) is 5.91 Å². The fourth-order valence-electron chi connectivity index (χ4n) is 3.22. The number of anilines is 1. The average Bonchev–Trinajstić information content (AvgIpc) is 3.28. The summed E-state index contributed by atoms with van der Waals surface area (Å²) in [5.41, 5.74) is 2.18. The van der Waals surface area contributed by atoms with Gasteiger partial charge in [-0.3, -0.25) is 9.59 Å². The maximum Gasteiger partial charge on any atom is 0.256 e. The van der Waals surface area contributed by atoms with E-state index in [0.29, 0.717) is 17.7 Å². The van der Waals surface area contributed by atoms with Crippen molar-refractivity contribution in [2.75, 3.05) is 18.4 Å². The molecular formula is C20H24N2O2S. The Kier molecular flexibility index (Phi) is 5.87. The van der Waals surface area contributed by atoms with Gasteiger partial charge in [-0.2, -0.15) is 0 Å². The lowest BCUT2D eigenvalue weighted by Crippen LogP contribution is -2.29. The summed E-state index contributed by atoms with van der Waals surface area (Å²) in [4.78, 5) is 28.3. The summed E-state index contributed by atoms with van der Waals surface area (Å²) in [6, 6.07) is 9.76. The van der Waals surface area contributed by atoms with E-state index in [1.54, 1.807) is 11.3 Å². The molecule has 5 heteroatoms. The molecular weight excluding hydrogens is 332 g/mol. The van der Waals surface area contributed by atoms with Crippen LogP contribution in [0.2, 0.25) is 0 Å². The molecule has 0 atom stereocenters. The molecule has 0 saturated carbocycles. The van der Waals surface area contributed by atoms with E-state index in [1.165, 1.54) is 4.88 Å². The van der Waals surface area contributed by atoms with Crippen molar-refractivity contribution >= 4 is 28.8 Å². The predicted octanol–water partition coefficient (Wildman–Crippen LogP) is 4.25. The van der Waals surface area contributed by atoms with E-state index < -0.39 is 0 Å². The van der Waals surface area contributed by atoms with Crippen LogP contribution in [0.15, 0.2) is 35.7 Å². The van der Waals surface area contributed by atoms with Gasteiger partial charge in [-0.1, -0.05) is 18.2 Å². The highest BCUT2D eigenvalue weighted by atomic mass is 32.1. The lowest BCUT2D eigenvalue weighted by Gasteiger charge is -2.19. The van der Waals surface area contributed by atoms with Crippen LogP contribution in [-0.4, -0.2) is 29.8 Å². The van der Waals surface area contributed by atoms with Crippen LogP contribution in [0.3, 0.4) is 0 Å². The first-order chi connectivity index (χ1) is 12.1. The molecule has 132 valence electrons. The number of rotatable bonds is 6. The number of aryl methyl sites for hydroxylation is 2. The van der Waals surface area contributed by atoms with Gasteiger partial charge in [0.2, 0.25) is 5.91 Å². The number of hydrogen-bond acceptors (Lipinski definition) is 3. The molecule has 0 bridgehead atoms. The van der Waals surface area contributed by atoms with Crippen molar-refractivity contribution in [3.63, 3.8) is 0 Å². The molecule has 0 aliphatic carbocycles. The minimum Gasteiger partial charge on any atom is -0.339 e. The fraction of sp³-hybridized carbons (Fsp3) is 0.400. The summed E-state index contributed by atoms with van der Waals surface area (Å²) in [5.74, 6) is 0.00196. The summed E-state index contributed by atoms with van der Waals surface area (Å²) >= 11 is 1.72. The quantitative estimate of drug-likeness (QED) is 0.841. The van der Waals surface area contributed by atoms with Gasteiger partial charge in [0.1, 0.15) is 0 Å². The van der Waals surface area contributed by atoms with Crippen LogP contribution in [0.5, 0.6) is 0 Å². The molecule has 1 aromatic heterocycles. The Morgan fingerprint density at radius 2 is 1.96 bits per heavy atom. The fourth-order valence-corrected chi connectivity index (χ4v) is 3.98. The molecule has 0 unspecified atom stereocenters. The van der Waals surface area contributed by atoms with E-state index in [2.05, 4.69) is 16.8 Å². The Morgan fingerprint density at radius 1 is 1.16 bits per heavy atom. The number of amides is 2. The van der Waals surface area contributed by atoms with Crippen molar-refractivity contribution < 1.29 is 9.59 Å². The Hall–Kier alpha value is -2.14. The summed E-state index contributed by atoms with van der Waals surface area (Å²) in [6.07, 6.45) is 4.30. The van der Waals surface area contributed by atoms with Crippen LogP contribution in [0.4, 0.5) is 5.69 Å². The molecule has 1 N–H and O–H groups in total. The van der Waals surface area contributed by atoms with Crippen LogP contribution in [0.25, 0.3) is 0 Å². The number of carbonyl (C=O) groups excluding carboxylic acids is 2. The molecule has 0 spiro atoms. The van der Waals surface area contributed by atoms with Crippen LogP contribution >= 0.6 is 11.3 Å². The largest absolute Gasteiger partial charge is 0.339 e. The third-order valence-corrected chi connectivity index (χ3v) is 5.50. The van der Waals surface area contributed by atoms with Crippen molar-refractivity contribution in [2.45, 2.75) is 39.0 Å². The van der Waals surface area contributed by atoms with Crippen molar-refractivity contribution in [3.8, 4) is 0 Å². The Balaban J connectivity index is 1.64. The van der Waals surface area contributed by atoms with E-state index in [4.69, 9.17) is 0 Å². The Bertz CT molecular complexity index is 734. The van der Waals surface area contributed by atoms with Gasteiger partial charge in [0.15, 0.2) is 0 Å². The number of carbonyl (C=O) groups is 2. The van der Waals surface area contributed by atoms with Gasteiger partial charge in [0.05, 0.1) is 11.3 Å². The molecule has 1 aromatic carbocycles. The van der Waals surface area contributed by atoms with Crippen LogP contribution in [0, 0.1) is 6.92 Å². The van der Waals surface area contributed by atoms with Crippen molar-refractivity contribution in [2.24, 2.45) is 0 Å². The van der Waals surface area contributed by atoms with Gasteiger partial charge in [-0.25, -0.2) is 0 Å². The summed E-state index contributed by atoms with van der Waals surface area (Å²) < 4.78 is 0. The molecule has 4 nitrogen and oxygen atoms in total. The van der Waals surface area contributed by atoms with Crippen molar-refractivity contribution in [1.82, 2.24) is 4.90 Å². The third-order valence-electron chi connectivity index (χ3n) is 4.56. The normalized spacial score (nSPS) is 13.9. The standard InChI is InChI=1S/C20H24N2O2S/c1-15-7-4-10-17(19(15)20(24)22-12-2-3-13-22)21-18(23)11-5-8-16-9-6-14-25-16/h4,6-7,9-10,14H,2-3,5,8,11-13H2,1H3,(H,21,23). The smallest absolute Gasteiger partial charge is 0.256 e. The molecule has 1 fully saturated rings. The van der Waals surface area contributed by atoms with E-state index in [0.717, 1.165) is 44.3 Å². The van der Waals surface area contributed by atoms with E-state index in [1.807, 2.05) is 36.1 Å². The predicted molar refractivity (Wildman–Crippen MR) is 102 cm³/mol. The number of thiophene rings is 1. The van der Waals surface area contributed by atoms with Crippen LogP contribution in [-0.2, 0) is 11.2 Å². The van der Waals surface area contributed by atoms with Crippen LogP contribution in [0.1, 0.15) is 46.5 Å².